The molecule has 0 aromatic carbocycles. The highest BCUT2D eigenvalue weighted by molar-refractivity contribution is 5.82. The van der Waals surface area contributed by atoms with Gasteiger partial charge in [-0.15, -0.1) is 6.58 Å². The van der Waals surface area contributed by atoms with Gasteiger partial charge in [-0.3, -0.25) is 9.69 Å². The number of carbonyl (C=O) groups excluding carboxylic acids is 1. The monoisotopic (exact) mass is 355 g/mol. The van der Waals surface area contributed by atoms with Gasteiger partial charge < -0.3 is 14.8 Å². The molecule has 0 saturated carbocycles. The van der Waals surface area contributed by atoms with E-state index in [2.05, 4.69) is 43.4 Å². The van der Waals surface area contributed by atoms with Crippen LogP contribution in [0.2, 0.25) is 0 Å². The van der Waals surface area contributed by atoms with Gasteiger partial charge >= 0.3 is 0 Å². The van der Waals surface area contributed by atoms with E-state index in [1.165, 1.54) is 0 Å². The van der Waals surface area contributed by atoms with Crippen molar-refractivity contribution in [2.75, 3.05) is 44.7 Å². The summed E-state index contributed by atoms with van der Waals surface area (Å²) in [6.45, 7) is 7.86. The molecule has 2 aliphatic rings. The fourth-order valence-corrected chi connectivity index (χ4v) is 4.22. The Labute approximate surface area is 152 Å². The van der Waals surface area contributed by atoms with Gasteiger partial charge in [-0.05, 0) is 19.9 Å². The second-order valence-electron chi connectivity index (χ2n) is 7.24. The zero-order valence-corrected chi connectivity index (χ0v) is 15.2. The lowest BCUT2D eigenvalue weighted by Gasteiger charge is -2.49. The van der Waals surface area contributed by atoms with Crippen LogP contribution < -0.4 is 4.90 Å². The van der Waals surface area contributed by atoms with Crippen molar-refractivity contribution in [3.8, 4) is 0 Å². The number of nitrogens with one attached hydrogen (secondary N) is 1. The second kappa shape index (κ2) is 6.68. The number of rotatable bonds is 3. The molecule has 8 heteroatoms. The number of likely N-dealkylation sites (N-methyl/N-ethyl adjacent to an activating group) is 1. The molecule has 138 valence electrons. The molecule has 2 aliphatic heterocycles. The maximum Gasteiger partial charge on any atom is 0.222 e. The highest BCUT2D eigenvalue weighted by atomic mass is 16.2. The van der Waals surface area contributed by atoms with Crippen LogP contribution in [0.3, 0.4) is 0 Å². The van der Waals surface area contributed by atoms with Crippen molar-refractivity contribution in [2.24, 2.45) is 0 Å². The Hall–Kier alpha value is -2.48. The standard InChI is InChI=1S/C18H25N7O/c1-3-7-24-8-6-18(5-4-14(24)26)11-25(10-9-23(18)2)17-15-16(20-12-19-15)21-13-22-17/h3,12-13H,1,4-11H2,2H3,(H,19,20,21,22). The number of hydrogen-bond acceptors (Lipinski definition) is 6. The van der Waals surface area contributed by atoms with Crippen molar-refractivity contribution in [2.45, 2.75) is 24.8 Å². The van der Waals surface area contributed by atoms with Crippen molar-refractivity contribution in [3.05, 3.63) is 25.3 Å². The Morgan fingerprint density at radius 2 is 2.15 bits per heavy atom. The molecule has 2 saturated heterocycles. The van der Waals surface area contributed by atoms with Gasteiger partial charge in [0.15, 0.2) is 11.5 Å². The van der Waals surface area contributed by atoms with Crippen molar-refractivity contribution < 1.29 is 4.79 Å². The van der Waals surface area contributed by atoms with Crippen LogP contribution in [0.5, 0.6) is 0 Å². The number of amides is 1. The summed E-state index contributed by atoms with van der Waals surface area (Å²) in [5.41, 5.74) is 1.54. The molecular formula is C18H25N7O. The van der Waals surface area contributed by atoms with E-state index in [0.717, 1.165) is 50.4 Å². The van der Waals surface area contributed by atoms with Gasteiger partial charge in [0.25, 0.3) is 0 Å². The summed E-state index contributed by atoms with van der Waals surface area (Å²) in [4.78, 5) is 35.3. The maximum absolute atomic E-state index is 12.4. The molecule has 1 amide bonds. The molecule has 1 atom stereocenters. The largest absolute Gasteiger partial charge is 0.352 e. The van der Waals surface area contributed by atoms with Crippen molar-refractivity contribution in [3.63, 3.8) is 0 Å². The summed E-state index contributed by atoms with van der Waals surface area (Å²) in [5, 5.41) is 0. The minimum atomic E-state index is -0.0267. The third-order valence-corrected chi connectivity index (χ3v) is 5.86. The van der Waals surface area contributed by atoms with Crippen LogP contribution in [0, 0.1) is 0 Å². The number of carbonyl (C=O) groups is 1. The van der Waals surface area contributed by atoms with Gasteiger partial charge in [0.05, 0.1) is 6.33 Å². The Morgan fingerprint density at radius 1 is 1.27 bits per heavy atom. The highest BCUT2D eigenvalue weighted by Gasteiger charge is 2.42. The number of hydrogen-bond donors (Lipinski definition) is 1. The lowest BCUT2D eigenvalue weighted by molar-refractivity contribution is -0.130. The second-order valence-corrected chi connectivity index (χ2v) is 7.24. The highest BCUT2D eigenvalue weighted by Crippen LogP contribution is 2.34. The summed E-state index contributed by atoms with van der Waals surface area (Å²) in [6, 6.07) is 0. The summed E-state index contributed by atoms with van der Waals surface area (Å²) >= 11 is 0. The van der Waals surface area contributed by atoms with Gasteiger partial charge in [0.2, 0.25) is 5.91 Å². The molecule has 0 aliphatic carbocycles. The molecule has 26 heavy (non-hydrogen) atoms. The van der Waals surface area contributed by atoms with Crippen molar-refractivity contribution >= 4 is 22.9 Å². The van der Waals surface area contributed by atoms with Crippen LogP contribution in [-0.2, 0) is 4.79 Å². The van der Waals surface area contributed by atoms with Crippen LogP contribution in [0.4, 0.5) is 5.82 Å². The quantitative estimate of drug-likeness (QED) is 0.829. The maximum atomic E-state index is 12.4. The Morgan fingerprint density at radius 3 is 3.00 bits per heavy atom. The van der Waals surface area contributed by atoms with Crippen LogP contribution >= 0.6 is 0 Å². The first kappa shape index (κ1) is 17.0. The molecule has 0 radical (unpaired) electrons. The lowest BCUT2D eigenvalue weighted by atomic mass is 9.86. The summed E-state index contributed by atoms with van der Waals surface area (Å²) in [5.74, 6) is 1.13. The number of nitrogens with zero attached hydrogens (tertiary/aromatic N) is 6. The van der Waals surface area contributed by atoms with Gasteiger partial charge in [-0.2, -0.15) is 0 Å². The SMILES string of the molecule is C=CCN1CCC2(CCC1=O)CN(c1ncnc3nc[nH]c13)CCN2C. The molecule has 8 nitrogen and oxygen atoms in total. The van der Waals surface area contributed by atoms with Gasteiger partial charge in [-0.25, -0.2) is 15.0 Å². The molecule has 1 unspecified atom stereocenters. The average molecular weight is 355 g/mol. The van der Waals surface area contributed by atoms with Crippen LogP contribution in [0.15, 0.2) is 25.3 Å². The number of likely N-dealkylation sites (tertiary alicyclic amines) is 1. The fourth-order valence-electron chi connectivity index (χ4n) is 4.22. The number of piperazine rings is 1. The van der Waals surface area contributed by atoms with Crippen molar-refractivity contribution in [1.29, 1.82) is 0 Å². The number of anilines is 1. The minimum Gasteiger partial charge on any atom is -0.352 e. The topological polar surface area (TPSA) is 81.2 Å². The molecule has 2 aromatic heterocycles. The summed E-state index contributed by atoms with van der Waals surface area (Å²) in [6.07, 6.45) is 7.44. The predicted octanol–water partition coefficient (Wildman–Crippen LogP) is 1.04. The molecule has 2 fully saturated rings. The van der Waals surface area contributed by atoms with Crippen LogP contribution in [-0.4, -0.2) is 81.0 Å². The normalized spacial score (nSPS) is 25.0. The van der Waals surface area contributed by atoms with Crippen LogP contribution in [0.1, 0.15) is 19.3 Å². The van der Waals surface area contributed by atoms with E-state index in [4.69, 9.17) is 0 Å². The molecular weight excluding hydrogens is 330 g/mol. The first-order valence-electron chi connectivity index (χ1n) is 9.12. The van der Waals surface area contributed by atoms with E-state index in [1.807, 2.05) is 11.0 Å². The molecule has 1 N–H and O–H groups in total. The summed E-state index contributed by atoms with van der Waals surface area (Å²) < 4.78 is 0. The Balaban J connectivity index is 1.61. The zero-order chi connectivity index (χ0) is 18.1. The number of H-pyrrole nitrogens is 1. The van der Waals surface area contributed by atoms with E-state index >= 15 is 0 Å². The summed E-state index contributed by atoms with van der Waals surface area (Å²) in [7, 11) is 2.18. The fraction of sp³-hybridized carbons (Fsp3) is 0.556. The molecule has 4 rings (SSSR count). The van der Waals surface area contributed by atoms with Crippen molar-refractivity contribution in [1.82, 2.24) is 29.7 Å². The minimum absolute atomic E-state index is 0.0267. The van der Waals surface area contributed by atoms with Crippen LogP contribution in [0.25, 0.3) is 11.2 Å². The molecule has 2 aromatic rings. The molecule has 1 spiro atoms. The third kappa shape index (κ3) is 2.84. The lowest BCUT2D eigenvalue weighted by Crippen LogP contribution is -2.61. The van der Waals surface area contributed by atoms with E-state index in [1.54, 1.807) is 12.7 Å². The number of aromatic amines is 1. The molecule has 0 bridgehead atoms. The van der Waals surface area contributed by atoms with E-state index < -0.39 is 0 Å². The Bertz CT molecular complexity index is 819. The van der Waals surface area contributed by atoms with E-state index in [-0.39, 0.29) is 11.4 Å². The average Bonchev–Trinajstić information content (AvgIpc) is 3.08. The zero-order valence-electron chi connectivity index (χ0n) is 15.2. The van der Waals surface area contributed by atoms with E-state index in [9.17, 15) is 4.79 Å². The van der Waals surface area contributed by atoms with E-state index in [0.29, 0.717) is 18.6 Å². The Kier molecular flexibility index (Phi) is 4.36. The number of imidazole rings is 1. The first-order chi connectivity index (χ1) is 12.6. The smallest absolute Gasteiger partial charge is 0.222 e. The third-order valence-electron chi connectivity index (χ3n) is 5.86. The van der Waals surface area contributed by atoms with Gasteiger partial charge in [0.1, 0.15) is 11.8 Å². The number of aromatic nitrogens is 4. The first-order valence-corrected chi connectivity index (χ1v) is 9.12. The predicted molar refractivity (Wildman–Crippen MR) is 99.9 cm³/mol. The van der Waals surface area contributed by atoms with Gasteiger partial charge in [0, 0.05) is 44.7 Å². The number of fused-ring (bicyclic) bond motifs is 1. The van der Waals surface area contributed by atoms with Gasteiger partial charge in [-0.1, -0.05) is 6.08 Å². The molecule has 4 heterocycles.